The maximum atomic E-state index is 12.4. The van der Waals surface area contributed by atoms with Crippen molar-refractivity contribution in [2.75, 3.05) is 0 Å². The smallest absolute Gasteiger partial charge is 0.258 e. The summed E-state index contributed by atoms with van der Waals surface area (Å²) in [5.74, 6) is 2.43. The van der Waals surface area contributed by atoms with Crippen molar-refractivity contribution < 1.29 is 13.6 Å². The fourth-order valence-corrected chi connectivity index (χ4v) is 3.70. The van der Waals surface area contributed by atoms with E-state index in [1.165, 1.54) is 0 Å². The van der Waals surface area contributed by atoms with Crippen molar-refractivity contribution in [3.05, 3.63) is 58.6 Å². The number of aryl methyl sites for hydroxylation is 2. The monoisotopic (exact) mass is 396 g/mol. The van der Waals surface area contributed by atoms with Crippen molar-refractivity contribution in [3.63, 3.8) is 0 Å². The second-order valence-corrected chi connectivity index (χ2v) is 7.50. The average Bonchev–Trinajstić information content (AvgIpc) is 3.44. The van der Waals surface area contributed by atoms with Gasteiger partial charge in [0.1, 0.15) is 18.1 Å². The lowest BCUT2D eigenvalue weighted by Crippen LogP contribution is -2.27. The molecule has 0 atom stereocenters. The second-order valence-electron chi connectivity index (χ2n) is 6.55. The van der Waals surface area contributed by atoms with Crippen LogP contribution >= 0.6 is 11.3 Å². The van der Waals surface area contributed by atoms with Crippen LogP contribution in [0.2, 0.25) is 0 Å². The first-order valence-electron chi connectivity index (χ1n) is 8.88. The third-order valence-electron chi connectivity index (χ3n) is 4.52. The quantitative estimate of drug-likeness (QED) is 0.530. The van der Waals surface area contributed by atoms with Gasteiger partial charge in [-0.05, 0) is 50.4 Å². The SMILES string of the molecule is Cc1ccc(CNC(=O)Cn2c(C)cc(-c3nnc(-c4cccs4)o3)c2C)o1. The molecule has 4 aromatic rings. The molecule has 7 nitrogen and oxygen atoms in total. The molecule has 0 aliphatic heterocycles. The molecular formula is C20H20N4O3S. The summed E-state index contributed by atoms with van der Waals surface area (Å²) >= 11 is 1.55. The Morgan fingerprint density at radius 1 is 1.14 bits per heavy atom. The van der Waals surface area contributed by atoms with Crippen LogP contribution in [0.4, 0.5) is 0 Å². The van der Waals surface area contributed by atoms with Crippen molar-refractivity contribution in [2.45, 2.75) is 33.9 Å². The molecule has 0 saturated heterocycles. The molecule has 0 aromatic carbocycles. The van der Waals surface area contributed by atoms with Gasteiger partial charge >= 0.3 is 0 Å². The van der Waals surface area contributed by atoms with E-state index in [9.17, 15) is 4.79 Å². The summed E-state index contributed by atoms with van der Waals surface area (Å²) in [6.45, 7) is 6.35. The van der Waals surface area contributed by atoms with Gasteiger partial charge in [-0.2, -0.15) is 0 Å². The van der Waals surface area contributed by atoms with Crippen LogP contribution in [0, 0.1) is 20.8 Å². The molecule has 0 aliphatic rings. The molecule has 0 spiro atoms. The van der Waals surface area contributed by atoms with Crippen molar-refractivity contribution in [1.29, 1.82) is 0 Å². The van der Waals surface area contributed by atoms with Gasteiger partial charge in [-0.3, -0.25) is 4.79 Å². The van der Waals surface area contributed by atoms with E-state index >= 15 is 0 Å². The number of furan rings is 1. The highest BCUT2D eigenvalue weighted by atomic mass is 32.1. The van der Waals surface area contributed by atoms with Crippen LogP contribution in [-0.4, -0.2) is 20.7 Å². The van der Waals surface area contributed by atoms with Crippen molar-refractivity contribution in [2.24, 2.45) is 0 Å². The van der Waals surface area contributed by atoms with Gasteiger partial charge in [-0.1, -0.05) is 6.07 Å². The lowest BCUT2D eigenvalue weighted by Gasteiger charge is -2.09. The molecule has 8 heteroatoms. The molecule has 0 aliphatic carbocycles. The van der Waals surface area contributed by atoms with Crippen LogP contribution in [-0.2, 0) is 17.9 Å². The Labute approximate surface area is 166 Å². The topological polar surface area (TPSA) is 86.1 Å². The van der Waals surface area contributed by atoms with Gasteiger partial charge in [0.2, 0.25) is 11.8 Å². The average molecular weight is 396 g/mol. The minimum Gasteiger partial charge on any atom is -0.465 e. The molecule has 144 valence electrons. The van der Waals surface area contributed by atoms with E-state index in [2.05, 4.69) is 15.5 Å². The predicted octanol–water partition coefficient (Wildman–Crippen LogP) is 4.10. The third-order valence-corrected chi connectivity index (χ3v) is 5.38. The molecule has 1 amide bonds. The van der Waals surface area contributed by atoms with Crippen molar-refractivity contribution >= 4 is 17.2 Å². The molecule has 1 N–H and O–H groups in total. The maximum absolute atomic E-state index is 12.4. The summed E-state index contributed by atoms with van der Waals surface area (Å²) in [5.41, 5.74) is 2.69. The standard InChI is InChI=1S/C20H20N4O3S/c1-12-9-16(19-22-23-20(27-19)17-5-4-8-28-17)14(3)24(12)11-18(25)21-10-15-7-6-13(2)26-15/h4-9H,10-11H2,1-3H3,(H,21,25). The second kappa shape index (κ2) is 7.47. The molecule has 0 saturated carbocycles. The predicted molar refractivity (Wildman–Crippen MR) is 106 cm³/mol. The molecule has 4 rings (SSSR count). The Balaban J connectivity index is 1.49. The molecule has 0 bridgehead atoms. The number of nitrogens with one attached hydrogen (secondary N) is 1. The fourth-order valence-electron chi connectivity index (χ4n) is 3.06. The van der Waals surface area contributed by atoms with Gasteiger partial charge in [-0.25, -0.2) is 0 Å². The van der Waals surface area contributed by atoms with Crippen LogP contribution in [0.3, 0.4) is 0 Å². The van der Waals surface area contributed by atoms with Crippen LogP contribution < -0.4 is 5.32 Å². The Morgan fingerprint density at radius 3 is 2.68 bits per heavy atom. The first-order valence-corrected chi connectivity index (χ1v) is 9.75. The van der Waals surface area contributed by atoms with Gasteiger partial charge in [0.05, 0.1) is 17.0 Å². The third kappa shape index (κ3) is 3.63. The highest BCUT2D eigenvalue weighted by Gasteiger charge is 2.18. The number of carbonyl (C=O) groups is 1. The van der Waals surface area contributed by atoms with E-state index in [1.807, 2.05) is 61.1 Å². The van der Waals surface area contributed by atoms with Gasteiger partial charge in [-0.15, -0.1) is 21.5 Å². The number of thiophene rings is 1. The minimum atomic E-state index is -0.0905. The summed E-state index contributed by atoms with van der Waals surface area (Å²) < 4.78 is 13.3. The van der Waals surface area contributed by atoms with E-state index in [1.54, 1.807) is 11.3 Å². The summed E-state index contributed by atoms with van der Waals surface area (Å²) in [5, 5.41) is 13.2. The van der Waals surface area contributed by atoms with E-state index in [4.69, 9.17) is 8.83 Å². The number of rotatable bonds is 6. The number of carbonyl (C=O) groups excluding carboxylic acids is 1. The summed E-state index contributed by atoms with van der Waals surface area (Å²) in [6, 6.07) is 9.59. The van der Waals surface area contributed by atoms with Gasteiger partial charge in [0.15, 0.2) is 0 Å². The largest absolute Gasteiger partial charge is 0.465 e. The highest BCUT2D eigenvalue weighted by Crippen LogP contribution is 2.30. The number of hydrogen-bond acceptors (Lipinski definition) is 6. The first kappa shape index (κ1) is 18.2. The summed E-state index contributed by atoms with van der Waals surface area (Å²) in [6.07, 6.45) is 0. The molecule has 28 heavy (non-hydrogen) atoms. The summed E-state index contributed by atoms with van der Waals surface area (Å²) in [7, 11) is 0. The molecule has 4 aromatic heterocycles. The highest BCUT2D eigenvalue weighted by molar-refractivity contribution is 7.13. The fraction of sp³-hybridized carbons (Fsp3) is 0.250. The van der Waals surface area contributed by atoms with E-state index in [0.717, 1.165) is 33.3 Å². The Kier molecular flexibility index (Phi) is 4.87. The Hall–Kier alpha value is -3.13. The zero-order chi connectivity index (χ0) is 19.7. The van der Waals surface area contributed by atoms with E-state index in [0.29, 0.717) is 18.3 Å². The molecule has 0 radical (unpaired) electrons. The normalized spacial score (nSPS) is 11.1. The molecular weight excluding hydrogens is 376 g/mol. The zero-order valence-corrected chi connectivity index (χ0v) is 16.7. The van der Waals surface area contributed by atoms with E-state index in [-0.39, 0.29) is 12.5 Å². The Morgan fingerprint density at radius 2 is 1.96 bits per heavy atom. The van der Waals surface area contributed by atoms with Crippen molar-refractivity contribution in [3.8, 4) is 22.2 Å². The van der Waals surface area contributed by atoms with Crippen LogP contribution in [0.1, 0.15) is 22.9 Å². The van der Waals surface area contributed by atoms with Gasteiger partial charge in [0, 0.05) is 11.4 Å². The van der Waals surface area contributed by atoms with Crippen LogP contribution in [0.15, 0.2) is 44.5 Å². The molecule has 0 fully saturated rings. The van der Waals surface area contributed by atoms with Crippen LogP contribution in [0.5, 0.6) is 0 Å². The zero-order valence-electron chi connectivity index (χ0n) is 15.9. The first-order chi connectivity index (χ1) is 13.5. The molecule has 4 heterocycles. The summed E-state index contributed by atoms with van der Waals surface area (Å²) in [4.78, 5) is 13.3. The Bertz CT molecular complexity index is 1100. The lowest BCUT2D eigenvalue weighted by molar-refractivity contribution is -0.122. The number of amides is 1. The maximum Gasteiger partial charge on any atom is 0.258 e. The number of nitrogens with zero attached hydrogens (tertiary/aromatic N) is 3. The van der Waals surface area contributed by atoms with Gasteiger partial charge < -0.3 is 18.7 Å². The van der Waals surface area contributed by atoms with E-state index < -0.39 is 0 Å². The minimum absolute atomic E-state index is 0.0905. The van der Waals surface area contributed by atoms with Crippen molar-refractivity contribution in [1.82, 2.24) is 20.1 Å². The van der Waals surface area contributed by atoms with Crippen LogP contribution in [0.25, 0.3) is 22.2 Å². The lowest BCUT2D eigenvalue weighted by atomic mass is 10.2. The number of aromatic nitrogens is 3. The number of hydrogen-bond donors (Lipinski definition) is 1. The van der Waals surface area contributed by atoms with Gasteiger partial charge in [0.25, 0.3) is 5.89 Å². The molecule has 0 unspecified atom stereocenters.